The number of ether oxygens (including phenoxy) is 1. The summed E-state index contributed by atoms with van der Waals surface area (Å²) < 4.78 is 5.52. The van der Waals surface area contributed by atoms with Crippen LogP contribution in [0.15, 0.2) is 30.3 Å². The number of morpholine rings is 1. The summed E-state index contributed by atoms with van der Waals surface area (Å²) in [6.45, 7) is 6.44. The molecule has 3 atom stereocenters. The first-order valence-corrected chi connectivity index (χ1v) is 9.74. The minimum atomic E-state index is -0.537. The Morgan fingerprint density at radius 1 is 1.30 bits per heavy atom. The van der Waals surface area contributed by atoms with Crippen molar-refractivity contribution in [3.05, 3.63) is 35.9 Å². The second kappa shape index (κ2) is 7.99. The number of rotatable bonds is 6. The van der Waals surface area contributed by atoms with Crippen molar-refractivity contribution in [1.29, 1.82) is 0 Å². The number of hydrogen-bond donors (Lipinski definition) is 2. The Kier molecular flexibility index (Phi) is 5.99. The zero-order chi connectivity index (χ0) is 16.1. The Labute approximate surface area is 143 Å². The summed E-state index contributed by atoms with van der Waals surface area (Å²) in [6, 6.07) is 11.3. The molecule has 1 aromatic carbocycles. The molecule has 0 radical (unpaired) electrons. The molecule has 0 spiro atoms. The molecule has 3 unspecified atom stereocenters. The average Bonchev–Trinajstić information content (AvgIpc) is 3.02. The van der Waals surface area contributed by atoms with Gasteiger partial charge in [-0.2, -0.15) is 11.8 Å². The van der Waals surface area contributed by atoms with E-state index in [2.05, 4.69) is 47.5 Å². The number of nitrogens with zero attached hydrogens (tertiary/aromatic N) is 1. The Morgan fingerprint density at radius 3 is 2.70 bits per heavy atom. The Balaban J connectivity index is 1.69. The van der Waals surface area contributed by atoms with Gasteiger partial charge < -0.3 is 15.2 Å². The molecule has 2 N–H and O–H groups in total. The predicted octanol–water partition coefficient (Wildman–Crippen LogP) is 1.91. The van der Waals surface area contributed by atoms with E-state index < -0.39 is 5.60 Å². The van der Waals surface area contributed by atoms with Crippen molar-refractivity contribution in [1.82, 2.24) is 10.2 Å². The van der Waals surface area contributed by atoms with Gasteiger partial charge in [0.2, 0.25) is 0 Å². The first kappa shape index (κ1) is 17.2. The highest BCUT2D eigenvalue weighted by atomic mass is 32.2. The smallest absolute Gasteiger partial charge is 0.0869 e. The van der Waals surface area contributed by atoms with Gasteiger partial charge in [-0.25, -0.2) is 0 Å². The molecule has 2 heterocycles. The fourth-order valence-corrected chi connectivity index (χ4v) is 4.82. The van der Waals surface area contributed by atoms with Crippen LogP contribution in [0.5, 0.6) is 0 Å². The molecule has 2 saturated heterocycles. The zero-order valence-corrected chi connectivity index (χ0v) is 14.7. The molecular formula is C18H28N2O2S. The van der Waals surface area contributed by atoms with E-state index in [-0.39, 0.29) is 6.04 Å². The van der Waals surface area contributed by atoms with E-state index in [0.29, 0.717) is 12.6 Å². The van der Waals surface area contributed by atoms with Crippen LogP contribution in [0.2, 0.25) is 0 Å². The summed E-state index contributed by atoms with van der Waals surface area (Å²) in [6.07, 6.45) is 0.894. The topological polar surface area (TPSA) is 44.7 Å². The second-order valence-electron chi connectivity index (χ2n) is 6.70. The summed E-state index contributed by atoms with van der Waals surface area (Å²) in [7, 11) is 0. The standard InChI is InChI=1S/C18H28N2O2S/c1-15(19-13-18(21)7-12-23-14-18)17(16-5-3-2-4-6-16)20-8-10-22-11-9-20/h2-6,15,17,19,21H,7-14H2,1H3. The van der Waals surface area contributed by atoms with Gasteiger partial charge in [0.25, 0.3) is 0 Å². The molecule has 4 nitrogen and oxygen atoms in total. The molecule has 2 aliphatic rings. The number of hydrogen-bond acceptors (Lipinski definition) is 5. The third-order valence-electron chi connectivity index (χ3n) is 4.89. The highest BCUT2D eigenvalue weighted by molar-refractivity contribution is 7.99. The minimum absolute atomic E-state index is 0.283. The first-order chi connectivity index (χ1) is 11.2. The second-order valence-corrected chi connectivity index (χ2v) is 7.81. The van der Waals surface area contributed by atoms with Crippen LogP contribution in [0, 0.1) is 0 Å². The van der Waals surface area contributed by atoms with Crippen molar-refractivity contribution >= 4 is 11.8 Å². The van der Waals surface area contributed by atoms with E-state index in [9.17, 15) is 5.11 Å². The molecule has 0 aromatic heterocycles. The lowest BCUT2D eigenvalue weighted by molar-refractivity contribution is 0.00470. The molecule has 0 bridgehead atoms. The fraction of sp³-hybridized carbons (Fsp3) is 0.667. The molecule has 3 rings (SSSR count). The number of benzene rings is 1. The van der Waals surface area contributed by atoms with E-state index >= 15 is 0 Å². The van der Waals surface area contributed by atoms with Gasteiger partial charge in [0, 0.05) is 31.4 Å². The van der Waals surface area contributed by atoms with Crippen molar-refractivity contribution in [2.75, 3.05) is 44.4 Å². The van der Waals surface area contributed by atoms with Gasteiger partial charge in [-0.05, 0) is 24.7 Å². The van der Waals surface area contributed by atoms with Crippen molar-refractivity contribution < 1.29 is 9.84 Å². The Bertz CT molecular complexity index is 473. The largest absolute Gasteiger partial charge is 0.388 e. The van der Waals surface area contributed by atoms with Gasteiger partial charge in [-0.1, -0.05) is 30.3 Å². The SMILES string of the molecule is CC(NCC1(O)CCSC1)C(c1ccccc1)N1CCOCC1. The lowest BCUT2D eigenvalue weighted by Gasteiger charge is -2.39. The van der Waals surface area contributed by atoms with Crippen LogP contribution >= 0.6 is 11.8 Å². The zero-order valence-electron chi connectivity index (χ0n) is 13.9. The van der Waals surface area contributed by atoms with Crippen LogP contribution in [-0.4, -0.2) is 66.0 Å². The van der Waals surface area contributed by atoms with Crippen molar-refractivity contribution in [2.45, 2.75) is 31.0 Å². The van der Waals surface area contributed by atoms with Gasteiger partial charge >= 0.3 is 0 Å². The average molecular weight is 337 g/mol. The minimum Gasteiger partial charge on any atom is -0.388 e. The maximum Gasteiger partial charge on any atom is 0.0869 e. The molecule has 0 aliphatic carbocycles. The molecule has 2 aliphatic heterocycles. The van der Waals surface area contributed by atoms with Gasteiger partial charge in [0.15, 0.2) is 0 Å². The van der Waals surface area contributed by atoms with E-state index in [1.54, 1.807) is 0 Å². The summed E-state index contributed by atoms with van der Waals surface area (Å²) in [5.41, 5.74) is 0.799. The lowest BCUT2D eigenvalue weighted by atomic mass is 9.96. The normalized spacial score (nSPS) is 28.6. The molecule has 2 fully saturated rings. The molecule has 1 aromatic rings. The monoisotopic (exact) mass is 336 g/mol. The highest BCUT2D eigenvalue weighted by Gasteiger charge is 2.34. The number of thioether (sulfide) groups is 1. The molecule has 128 valence electrons. The maximum atomic E-state index is 10.6. The van der Waals surface area contributed by atoms with Gasteiger partial charge in [-0.3, -0.25) is 4.90 Å². The summed E-state index contributed by atoms with van der Waals surface area (Å²) >= 11 is 1.85. The summed E-state index contributed by atoms with van der Waals surface area (Å²) in [4.78, 5) is 2.50. The molecule has 5 heteroatoms. The van der Waals surface area contributed by atoms with E-state index in [0.717, 1.165) is 44.2 Å². The molecule has 0 amide bonds. The third-order valence-corrected chi connectivity index (χ3v) is 6.12. The van der Waals surface area contributed by atoms with Gasteiger partial charge in [0.05, 0.1) is 24.9 Å². The van der Waals surface area contributed by atoms with Crippen LogP contribution in [0.3, 0.4) is 0 Å². The third kappa shape index (κ3) is 4.48. The van der Waals surface area contributed by atoms with Crippen molar-refractivity contribution in [3.8, 4) is 0 Å². The van der Waals surface area contributed by atoms with Crippen LogP contribution in [-0.2, 0) is 4.74 Å². The predicted molar refractivity (Wildman–Crippen MR) is 95.9 cm³/mol. The molecule has 0 saturated carbocycles. The number of aliphatic hydroxyl groups is 1. The van der Waals surface area contributed by atoms with Crippen LogP contribution < -0.4 is 5.32 Å². The van der Waals surface area contributed by atoms with Gasteiger partial charge in [-0.15, -0.1) is 0 Å². The maximum absolute atomic E-state index is 10.6. The van der Waals surface area contributed by atoms with Crippen LogP contribution in [0.1, 0.15) is 24.9 Å². The Morgan fingerprint density at radius 2 is 2.04 bits per heavy atom. The molecule has 23 heavy (non-hydrogen) atoms. The van der Waals surface area contributed by atoms with Crippen LogP contribution in [0.25, 0.3) is 0 Å². The van der Waals surface area contributed by atoms with Crippen LogP contribution in [0.4, 0.5) is 0 Å². The first-order valence-electron chi connectivity index (χ1n) is 8.58. The van der Waals surface area contributed by atoms with E-state index in [1.807, 2.05) is 11.8 Å². The number of nitrogens with one attached hydrogen (secondary N) is 1. The van der Waals surface area contributed by atoms with E-state index in [4.69, 9.17) is 4.74 Å². The molecular weight excluding hydrogens is 308 g/mol. The summed E-state index contributed by atoms with van der Waals surface area (Å²) in [5, 5.41) is 14.2. The quantitative estimate of drug-likeness (QED) is 0.831. The summed E-state index contributed by atoms with van der Waals surface area (Å²) in [5.74, 6) is 1.92. The van der Waals surface area contributed by atoms with E-state index in [1.165, 1.54) is 5.56 Å². The van der Waals surface area contributed by atoms with Crippen molar-refractivity contribution in [2.24, 2.45) is 0 Å². The highest BCUT2D eigenvalue weighted by Crippen LogP contribution is 2.29. The fourth-order valence-electron chi connectivity index (χ4n) is 3.52. The van der Waals surface area contributed by atoms with Crippen molar-refractivity contribution in [3.63, 3.8) is 0 Å². The van der Waals surface area contributed by atoms with Gasteiger partial charge in [0.1, 0.15) is 0 Å². The Hall–Kier alpha value is -0.590. The lowest BCUT2D eigenvalue weighted by Crippen LogP contribution is -2.50.